The Kier molecular flexibility index (Phi) is 6.55. The zero-order valence-electron chi connectivity index (χ0n) is 12.2. The summed E-state index contributed by atoms with van der Waals surface area (Å²) in [6.07, 6.45) is -4.20. The van der Waals surface area contributed by atoms with Crippen LogP contribution in [0.5, 0.6) is 5.75 Å². The highest BCUT2D eigenvalue weighted by Gasteiger charge is 2.27. The van der Waals surface area contributed by atoms with Gasteiger partial charge in [-0.3, -0.25) is 14.9 Å². The quantitative estimate of drug-likeness (QED) is 0.781. The second kappa shape index (κ2) is 8.16. The van der Waals surface area contributed by atoms with Crippen molar-refractivity contribution in [1.82, 2.24) is 10.6 Å². The van der Waals surface area contributed by atoms with Crippen molar-refractivity contribution in [1.29, 1.82) is 0 Å². The predicted octanol–water partition coefficient (Wildman–Crippen LogP) is 2.05. The van der Waals surface area contributed by atoms with E-state index in [1.807, 2.05) is 0 Å². The number of carbonyl (C=O) groups excluding carboxylic acids is 3. The Morgan fingerprint density at radius 2 is 1.74 bits per heavy atom. The van der Waals surface area contributed by atoms with Gasteiger partial charge in [-0.1, -0.05) is 6.92 Å². The van der Waals surface area contributed by atoms with Crippen molar-refractivity contribution in [3.63, 3.8) is 0 Å². The number of ether oxygens (including phenoxy) is 1. The minimum absolute atomic E-state index is 0.0457. The van der Waals surface area contributed by atoms with Gasteiger partial charge < -0.3 is 10.1 Å². The van der Waals surface area contributed by atoms with Crippen LogP contribution in [0.15, 0.2) is 24.3 Å². The fourth-order valence-electron chi connectivity index (χ4n) is 1.48. The third-order valence-electron chi connectivity index (χ3n) is 2.57. The highest BCUT2D eigenvalue weighted by atomic mass is 19.4. The number of ketones is 1. The van der Waals surface area contributed by atoms with Crippen LogP contribution in [0.3, 0.4) is 0 Å². The van der Waals surface area contributed by atoms with Crippen LogP contribution in [-0.2, 0) is 4.79 Å². The summed E-state index contributed by atoms with van der Waals surface area (Å²) in [7, 11) is 0. The zero-order valence-corrected chi connectivity index (χ0v) is 12.2. The second-order valence-electron chi connectivity index (χ2n) is 4.44. The number of halogens is 3. The molecule has 6 nitrogen and oxygen atoms in total. The molecule has 0 saturated carbocycles. The summed E-state index contributed by atoms with van der Waals surface area (Å²) >= 11 is 0. The summed E-state index contributed by atoms with van der Waals surface area (Å²) in [5.74, 6) is -0.669. The first-order chi connectivity index (χ1) is 10.7. The van der Waals surface area contributed by atoms with Crippen LogP contribution in [0.25, 0.3) is 0 Å². The maximum atomic E-state index is 11.9. The molecule has 0 atom stereocenters. The summed E-state index contributed by atoms with van der Waals surface area (Å²) in [5.41, 5.74) is 0.496. The monoisotopic (exact) mass is 332 g/mol. The Morgan fingerprint density at radius 3 is 2.26 bits per heavy atom. The lowest BCUT2D eigenvalue weighted by atomic mass is 10.1. The number of urea groups is 1. The lowest BCUT2D eigenvalue weighted by Gasteiger charge is -2.10. The van der Waals surface area contributed by atoms with E-state index in [4.69, 9.17) is 4.74 Å². The Hall–Kier alpha value is -2.58. The molecular formula is C14H15F3N2O4. The molecule has 1 rings (SSSR count). The summed E-state index contributed by atoms with van der Waals surface area (Å²) in [5, 5.41) is 3.18. The molecule has 126 valence electrons. The molecule has 0 heterocycles. The van der Waals surface area contributed by atoms with E-state index in [2.05, 4.69) is 0 Å². The van der Waals surface area contributed by atoms with Crippen LogP contribution in [0, 0.1) is 0 Å². The van der Waals surface area contributed by atoms with E-state index in [1.54, 1.807) is 12.2 Å². The molecule has 0 aliphatic heterocycles. The van der Waals surface area contributed by atoms with E-state index < -0.39 is 31.3 Å². The lowest BCUT2D eigenvalue weighted by Crippen LogP contribution is -2.44. The predicted molar refractivity (Wildman–Crippen MR) is 74.2 cm³/mol. The molecule has 0 unspecified atom stereocenters. The van der Waals surface area contributed by atoms with Gasteiger partial charge in [-0.2, -0.15) is 13.2 Å². The molecule has 0 aliphatic carbocycles. The molecule has 9 heteroatoms. The molecule has 3 amide bonds. The fraction of sp³-hybridized carbons (Fsp3) is 0.357. The first kappa shape index (κ1) is 18.5. The van der Waals surface area contributed by atoms with Crippen molar-refractivity contribution in [3.05, 3.63) is 29.8 Å². The molecular weight excluding hydrogens is 317 g/mol. The molecule has 0 bridgehead atoms. The number of rotatable bonds is 6. The average Bonchev–Trinajstić information content (AvgIpc) is 2.50. The number of benzene rings is 1. The summed E-state index contributed by atoms with van der Waals surface area (Å²) in [6.45, 7) is -0.374. The van der Waals surface area contributed by atoms with Crippen LogP contribution in [0.4, 0.5) is 18.0 Å². The van der Waals surface area contributed by atoms with Crippen molar-refractivity contribution in [2.45, 2.75) is 19.5 Å². The molecule has 0 saturated heterocycles. The van der Waals surface area contributed by atoms with Gasteiger partial charge in [-0.05, 0) is 24.3 Å². The van der Waals surface area contributed by atoms with E-state index in [9.17, 15) is 27.6 Å². The Balaban J connectivity index is 2.38. The number of amides is 3. The first-order valence-electron chi connectivity index (χ1n) is 6.61. The van der Waals surface area contributed by atoms with Gasteiger partial charge in [-0.15, -0.1) is 0 Å². The minimum atomic E-state index is -4.56. The molecule has 0 fully saturated rings. The molecule has 0 aromatic heterocycles. The van der Waals surface area contributed by atoms with E-state index in [1.165, 1.54) is 29.6 Å². The molecule has 2 N–H and O–H groups in total. The maximum absolute atomic E-state index is 11.9. The zero-order chi connectivity index (χ0) is 17.5. The largest absolute Gasteiger partial charge is 0.484 e. The topological polar surface area (TPSA) is 84.5 Å². The smallest absolute Gasteiger partial charge is 0.405 e. The van der Waals surface area contributed by atoms with Gasteiger partial charge in [0, 0.05) is 12.0 Å². The normalized spacial score (nSPS) is 10.8. The summed E-state index contributed by atoms with van der Waals surface area (Å²) in [4.78, 5) is 33.8. The van der Waals surface area contributed by atoms with Gasteiger partial charge in [0.05, 0.1) is 0 Å². The van der Waals surface area contributed by atoms with Crippen molar-refractivity contribution in [2.75, 3.05) is 13.2 Å². The highest BCUT2D eigenvalue weighted by Crippen LogP contribution is 2.13. The molecule has 1 aromatic carbocycles. The number of nitrogens with one attached hydrogen (secondary N) is 2. The highest BCUT2D eigenvalue weighted by molar-refractivity contribution is 5.96. The Labute approximate surface area is 130 Å². The van der Waals surface area contributed by atoms with E-state index in [-0.39, 0.29) is 11.5 Å². The number of hydrogen-bond donors (Lipinski definition) is 2. The third-order valence-corrected chi connectivity index (χ3v) is 2.57. The van der Waals surface area contributed by atoms with Gasteiger partial charge >= 0.3 is 12.2 Å². The SMILES string of the molecule is CCC(=O)c1ccc(OCC(=O)NC(=O)NCC(F)(F)F)cc1. The van der Waals surface area contributed by atoms with Crippen molar-refractivity contribution in [3.8, 4) is 5.75 Å². The van der Waals surface area contributed by atoms with Crippen LogP contribution >= 0.6 is 0 Å². The van der Waals surface area contributed by atoms with E-state index >= 15 is 0 Å². The molecule has 0 spiro atoms. The van der Waals surface area contributed by atoms with Gasteiger partial charge in [0.25, 0.3) is 5.91 Å². The van der Waals surface area contributed by atoms with Gasteiger partial charge in [0.2, 0.25) is 0 Å². The van der Waals surface area contributed by atoms with E-state index in [0.29, 0.717) is 12.0 Å². The standard InChI is InChI=1S/C14H15F3N2O4/c1-2-11(20)9-3-5-10(6-4-9)23-7-12(21)19-13(22)18-8-14(15,16)17/h3-6H,2,7-8H2,1H3,(H2,18,19,21,22). The number of imide groups is 1. The molecule has 0 aliphatic rings. The van der Waals surface area contributed by atoms with Crippen molar-refractivity contribution < 1.29 is 32.3 Å². The minimum Gasteiger partial charge on any atom is -0.484 e. The average molecular weight is 332 g/mol. The van der Waals surface area contributed by atoms with Crippen LogP contribution in [0.1, 0.15) is 23.7 Å². The van der Waals surface area contributed by atoms with Crippen LogP contribution in [0.2, 0.25) is 0 Å². The van der Waals surface area contributed by atoms with Crippen molar-refractivity contribution >= 4 is 17.7 Å². The van der Waals surface area contributed by atoms with Crippen LogP contribution < -0.4 is 15.4 Å². The first-order valence-corrected chi connectivity index (χ1v) is 6.61. The molecule has 0 radical (unpaired) electrons. The fourth-order valence-corrected chi connectivity index (χ4v) is 1.48. The van der Waals surface area contributed by atoms with Crippen molar-refractivity contribution in [2.24, 2.45) is 0 Å². The summed E-state index contributed by atoms with van der Waals surface area (Å²) in [6, 6.07) is 4.73. The Morgan fingerprint density at radius 1 is 1.13 bits per heavy atom. The number of Topliss-reactive ketones (excluding diaryl/α,β-unsaturated/α-hetero) is 1. The number of carbonyl (C=O) groups is 3. The van der Waals surface area contributed by atoms with Crippen LogP contribution in [-0.4, -0.2) is 37.0 Å². The van der Waals surface area contributed by atoms with E-state index in [0.717, 1.165) is 0 Å². The van der Waals surface area contributed by atoms with Gasteiger partial charge in [0.15, 0.2) is 12.4 Å². The molecule has 23 heavy (non-hydrogen) atoms. The molecule has 1 aromatic rings. The summed E-state index contributed by atoms with van der Waals surface area (Å²) < 4.78 is 40.6. The lowest BCUT2D eigenvalue weighted by molar-refractivity contribution is -0.125. The number of hydrogen-bond acceptors (Lipinski definition) is 4. The second-order valence-corrected chi connectivity index (χ2v) is 4.44. The third kappa shape index (κ3) is 7.30. The Bertz CT molecular complexity index is 570. The van der Waals surface area contributed by atoms with Gasteiger partial charge in [0.1, 0.15) is 12.3 Å². The maximum Gasteiger partial charge on any atom is 0.405 e. The van der Waals surface area contributed by atoms with Gasteiger partial charge in [-0.25, -0.2) is 4.79 Å². The number of alkyl halides is 3.